The van der Waals surface area contributed by atoms with E-state index in [0.29, 0.717) is 0 Å². The van der Waals surface area contributed by atoms with Crippen molar-refractivity contribution in [2.45, 2.75) is 18.8 Å². The number of carbonyl (C=O) groups is 2. The van der Waals surface area contributed by atoms with Gasteiger partial charge in [-0.25, -0.2) is 4.39 Å². The van der Waals surface area contributed by atoms with Crippen LogP contribution in [0.3, 0.4) is 0 Å². The van der Waals surface area contributed by atoms with Gasteiger partial charge in [-0.05, 0) is 24.6 Å². The van der Waals surface area contributed by atoms with Gasteiger partial charge in [-0.3, -0.25) is 9.59 Å². The number of hydrogen-bond donors (Lipinski definition) is 2. The van der Waals surface area contributed by atoms with Crippen LogP contribution in [-0.2, 0) is 15.0 Å². The summed E-state index contributed by atoms with van der Waals surface area (Å²) in [5, 5.41) is 17.7. The summed E-state index contributed by atoms with van der Waals surface area (Å²) in [5.41, 5.74) is -1.48. The first kappa shape index (κ1) is 12.2. The minimum Gasteiger partial charge on any atom is -0.481 e. The average Bonchev–Trinajstić information content (AvgIpc) is 2.16. The predicted molar refractivity (Wildman–Crippen MR) is 53.6 cm³/mol. The molecule has 0 fully saturated rings. The zero-order valence-corrected chi connectivity index (χ0v) is 8.61. The van der Waals surface area contributed by atoms with Crippen molar-refractivity contribution in [1.29, 1.82) is 0 Å². The van der Waals surface area contributed by atoms with E-state index in [1.54, 1.807) is 0 Å². The van der Waals surface area contributed by atoms with Crippen LogP contribution in [0.5, 0.6) is 0 Å². The van der Waals surface area contributed by atoms with Crippen molar-refractivity contribution < 1.29 is 24.2 Å². The molecule has 1 aromatic carbocycles. The van der Waals surface area contributed by atoms with E-state index in [4.69, 9.17) is 10.2 Å². The third kappa shape index (κ3) is 2.36. The molecule has 0 aromatic heterocycles. The summed E-state index contributed by atoms with van der Waals surface area (Å²) in [4.78, 5) is 21.7. The maximum Gasteiger partial charge on any atom is 0.314 e. The topological polar surface area (TPSA) is 74.6 Å². The van der Waals surface area contributed by atoms with Gasteiger partial charge in [0.25, 0.3) is 0 Å². The Bertz CT molecular complexity index is 430. The molecule has 4 nitrogen and oxygen atoms in total. The Kier molecular flexibility index (Phi) is 3.27. The van der Waals surface area contributed by atoms with E-state index in [2.05, 4.69) is 0 Å². The Hall–Kier alpha value is -1.91. The van der Waals surface area contributed by atoms with E-state index in [0.717, 1.165) is 6.07 Å². The highest BCUT2D eigenvalue weighted by Gasteiger charge is 2.37. The van der Waals surface area contributed by atoms with Gasteiger partial charge < -0.3 is 10.2 Å². The van der Waals surface area contributed by atoms with Crippen LogP contribution in [0.2, 0.25) is 0 Å². The van der Waals surface area contributed by atoms with Crippen LogP contribution in [0.25, 0.3) is 0 Å². The third-order valence-electron chi connectivity index (χ3n) is 2.44. The smallest absolute Gasteiger partial charge is 0.314 e. The predicted octanol–water partition coefficient (Wildman–Crippen LogP) is 1.64. The highest BCUT2D eigenvalue weighted by Crippen LogP contribution is 2.28. The van der Waals surface area contributed by atoms with E-state index < -0.39 is 29.6 Å². The molecule has 0 aliphatic heterocycles. The molecule has 0 amide bonds. The number of rotatable bonds is 4. The monoisotopic (exact) mass is 226 g/mol. The Balaban J connectivity index is 3.21. The van der Waals surface area contributed by atoms with Crippen molar-refractivity contribution in [1.82, 2.24) is 0 Å². The van der Waals surface area contributed by atoms with Gasteiger partial charge in [0.05, 0.1) is 6.42 Å². The van der Waals surface area contributed by atoms with Gasteiger partial charge in [0.2, 0.25) is 0 Å². The highest BCUT2D eigenvalue weighted by molar-refractivity contribution is 5.86. The molecule has 0 heterocycles. The van der Waals surface area contributed by atoms with Crippen LogP contribution in [0.15, 0.2) is 24.3 Å². The molecule has 0 radical (unpaired) electrons. The number of carboxylic acids is 2. The molecule has 0 saturated heterocycles. The molecular weight excluding hydrogens is 215 g/mol. The first-order valence-electron chi connectivity index (χ1n) is 4.57. The van der Waals surface area contributed by atoms with Gasteiger partial charge in [0.1, 0.15) is 11.2 Å². The number of carboxylic acid groups (broad SMARTS) is 2. The lowest BCUT2D eigenvalue weighted by Crippen LogP contribution is -2.35. The van der Waals surface area contributed by atoms with Crippen LogP contribution in [0.4, 0.5) is 4.39 Å². The number of aliphatic carboxylic acids is 2. The quantitative estimate of drug-likeness (QED) is 0.818. The molecule has 1 rings (SSSR count). The Morgan fingerprint density at radius 3 is 2.44 bits per heavy atom. The van der Waals surface area contributed by atoms with Crippen LogP contribution in [0, 0.1) is 5.82 Å². The van der Waals surface area contributed by atoms with Crippen molar-refractivity contribution in [2.24, 2.45) is 0 Å². The van der Waals surface area contributed by atoms with Gasteiger partial charge in [-0.15, -0.1) is 0 Å². The lowest BCUT2D eigenvalue weighted by atomic mass is 9.79. The second-order valence-corrected chi connectivity index (χ2v) is 3.72. The minimum atomic E-state index is -1.62. The molecule has 0 bridgehead atoms. The van der Waals surface area contributed by atoms with Gasteiger partial charge in [-0.1, -0.05) is 12.1 Å². The molecule has 1 atom stereocenters. The van der Waals surface area contributed by atoms with E-state index in [-0.39, 0.29) is 5.56 Å². The molecule has 0 aliphatic carbocycles. The zero-order valence-electron chi connectivity index (χ0n) is 8.61. The molecule has 86 valence electrons. The van der Waals surface area contributed by atoms with Crippen LogP contribution < -0.4 is 0 Å². The zero-order chi connectivity index (χ0) is 12.3. The lowest BCUT2D eigenvalue weighted by molar-refractivity contribution is -0.149. The maximum absolute atomic E-state index is 13.0. The second-order valence-electron chi connectivity index (χ2n) is 3.72. The molecule has 0 saturated carbocycles. The minimum absolute atomic E-state index is 0.141. The molecule has 2 N–H and O–H groups in total. The van der Waals surface area contributed by atoms with Gasteiger partial charge in [0.15, 0.2) is 0 Å². The summed E-state index contributed by atoms with van der Waals surface area (Å²) in [6.07, 6.45) is -0.591. The first-order chi connectivity index (χ1) is 7.36. The fraction of sp³-hybridized carbons (Fsp3) is 0.273. The fourth-order valence-corrected chi connectivity index (χ4v) is 1.44. The Morgan fingerprint density at radius 1 is 1.38 bits per heavy atom. The van der Waals surface area contributed by atoms with E-state index in [1.807, 2.05) is 0 Å². The molecule has 1 aromatic rings. The molecule has 16 heavy (non-hydrogen) atoms. The molecule has 0 aliphatic rings. The average molecular weight is 226 g/mol. The third-order valence-corrected chi connectivity index (χ3v) is 2.44. The van der Waals surface area contributed by atoms with Crippen LogP contribution in [0.1, 0.15) is 18.9 Å². The summed E-state index contributed by atoms with van der Waals surface area (Å²) in [6, 6.07) is 4.97. The van der Waals surface area contributed by atoms with Gasteiger partial charge in [0, 0.05) is 0 Å². The summed E-state index contributed by atoms with van der Waals surface area (Å²) in [5.74, 6) is -3.12. The highest BCUT2D eigenvalue weighted by atomic mass is 19.1. The van der Waals surface area contributed by atoms with E-state index in [9.17, 15) is 14.0 Å². The molecule has 0 spiro atoms. The first-order valence-corrected chi connectivity index (χ1v) is 4.57. The van der Waals surface area contributed by atoms with Crippen molar-refractivity contribution in [3.8, 4) is 0 Å². The van der Waals surface area contributed by atoms with Crippen molar-refractivity contribution in [3.05, 3.63) is 35.6 Å². The summed E-state index contributed by atoms with van der Waals surface area (Å²) >= 11 is 0. The summed E-state index contributed by atoms with van der Waals surface area (Å²) in [7, 11) is 0. The molecule has 1 unspecified atom stereocenters. The molecular formula is C11H11FO4. The Labute approximate surface area is 91.3 Å². The maximum atomic E-state index is 13.0. The number of benzene rings is 1. The SMILES string of the molecule is CC(CC(=O)O)(C(=O)O)c1cccc(F)c1. The Morgan fingerprint density at radius 2 is 2.00 bits per heavy atom. The van der Waals surface area contributed by atoms with Crippen molar-refractivity contribution in [2.75, 3.05) is 0 Å². The molecule has 5 heteroatoms. The van der Waals surface area contributed by atoms with Crippen LogP contribution >= 0.6 is 0 Å². The van der Waals surface area contributed by atoms with E-state index in [1.165, 1.54) is 25.1 Å². The van der Waals surface area contributed by atoms with Crippen LogP contribution in [-0.4, -0.2) is 22.2 Å². The largest absolute Gasteiger partial charge is 0.481 e. The normalized spacial score (nSPS) is 14.1. The van der Waals surface area contributed by atoms with Gasteiger partial charge in [-0.2, -0.15) is 0 Å². The second kappa shape index (κ2) is 4.30. The van der Waals surface area contributed by atoms with Crippen molar-refractivity contribution >= 4 is 11.9 Å². The van der Waals surface area contributed by atoms with E-state index >= 15 is 0 Å². The number of hydrogen-bond acceptors (Lipinski definition) is 2. The summed E-state index contributed by atoms with van der Waals surface area (Å²) in [6.45, 7) is 1.26. The van der Waals surface area contributed by atoms with Gasteiger partial charge >= 0.3 is 11.9 Å². The standard InChI is InChI=1S/C11H11FO4/c1-11(10(15)16,6-9(13)14)7-3-2-4-8(12)5-7/h2-5H,6H2,1H3,(H,13,14)(H,15,16). The number of halogens is 1. The summed E-state index contributed by atoms with van der Waals surface area (Å²) < 4.78 is 13.0. The lowest BCUT2D eigenvalue weighted by Gasteiger charge is -2.23. The fourth-order valence-electron chi connectivity index (χ4n) is 1.44. The van der Waals surface area contributed by atoms with Crippen molar-refractivity contribution in [3.63, 3.8) is 0 Å².